The zero-order valence-electron chi connectivity index (χ0n) is 10.4. The van der Waals surface area contributed by atoms with E-state index >= 15 is 0 Å². The van der Waals surface area contributed by atoms with Crippen molar-refractivity contribution >= 4 is 5.91 Å². The highest BCUT2D eigenvalue weighted by molar-refractivity contribution is 5.92. The van der Waals surface area contributed by atoms with E-state index in [4.69, 9.17) is 0 Å². The van der Waals surface area contributed by atoms with Gasteiger partial charge in [0.15, 0.2) is 0 Å². The standard InChI is InChI=1S/C14H17FN2O/c1-2-8-17-12(10-4-3-5-11(15)9-10)16-14(6-7-14)13(17)18/h3-5,9,12,16H,2,6-8H2,1H3. The summed E-state index contributed by atoms with van der Waals surface area (Å²) in [5, 5.41) is 3.38. The van der Waals surface area contributed by atoms with Crippen molar-refractivity contribution < 1.29 is 9.18 Å². The second kappa shape index (κ2) is 4.05. The molecule has 1 unspecified atom stereocenters. The third-order valence-electron chi connectivity index (χ3n) is 3.77. The number of nitrogens with zero attached hydrogens (tertiary/aromatic N) is 1. The Labute approximate surface area is 106 Å². The van der Waals surface area contributed by atoms with Crippen LogP contribution in [0.4, 0.5) is 4.39 Å². The first-order chi connectivity index (χ1) is 8.66. The zero-order valence-corrected chi connectivity index (χ0v) is 10.4. The molecule has 3 nitrogen and oxygen atoms in total. The van der Waals surface area contributed by atoms with E-state index in [9.17, 15) is 9.18 Å². The van der Waals surface area contributed by atoms with Crippen LogP contribution in [0, 0.1) is 5.82 Å². The molecule has 1 amide bonds. The van der Waals surface area contributed by atoms with Crippen LogP contribution in [0.1, 0.15) is 37.9 Å². The van der Waals surface area contributed by atoms with E-state index in [1.165, 1.54) is 12.1 Å². The topological polar surface area (TPSA) is 32.3 Å². The van der Waals surface area contributed by atoms with Gasteiger partial charge in [-0.05, 0) is 37.0 Å². The number of hydrogen-bond acceptors (Lipinski definition) is 2. The maximum atomic E-state index is 13.3. The number of halogens is 1. The summed E-state index contributed by atoms with van der Waals surface area (Å²) in [5.74, 6) is -0.0754. The normalized spacial score (nSPS) is 24.9. The lowest BCUT2D eigenvalue weighted by atomic mass is 10.1. The first kappa shape index (κ1) is 11.7. The number of carbonyl (C=O) groups excluding carboxylic acids is 1. The molecule has 1 N–H and O–H groups in total. The predicted octanol–water partition coefficient (Wildman–Crippen LogP) is 2.20. The molecule has 96 valence electrons. The molecule has 18 heavy (non-hydrogen) atoms. The third kappa shape index (κ3) is 1.72. The average molecular weight is 248 g/mol. The number of amides is 1. The molecular weight excluding hydrogens is 231 g/mol. The lowest BCUT2D eigenvalue weighted by Crippen LogP contribution is -2.32. The Hall–Kier alpha value is -1.42. The minimum Gasteiger partial charge on any atom is -0.321 e. The van der Waals surface area contributed by atoms with Crippen molar-refractivity contribution in [3.63, 3.8) is 0 Å². The maximum Gasteiger partial charge on any atom is 0.244 e. The van der Waals surface area contributed by atoms with Crippen LogP contribution in [0.3, 0.4) is 0 Å². The van der Waals surface area contributed by atoms with Gasteiger partial charge in [-0.25, -0.2) is 4.39 Å². The van der Waals surface area contributed by atoms with Gasteiger partial charge in [0.2, 0.25) is 5.91 Å². The van der Waals surface area contributed by atoms with Gasteiger partial charge < -0.3 is 4.90 Å². The van der Waals surface area contributed by atoms with Crippen molar-refractivity contribution in [2.24, 2.45) is 0 Å². The second-order valence-corrected chi connectivity index (χ2v) is 5.18. The molecule has 4 heteroatoms. The third-order valence-corrected chi connectivity index (χ3v) is 3.77. The number of benzene rings is 1. The van der Waals surface area contributed by atoms with Gasteiger partial charge in [0.05, 0.1) is 0 Å². The maximum absolute atomic E-state index is 13.3. The number of nitrogens with one attached hydrogen (secondary N) is 1. The molecule has 0 bridgehead atoms. The van der Waals surface area contributed by atoms with Crippen molar-refractivity contribution in [2.75, 3.05) is 6.54 Å². The van der Waals surface area contributed by atoms with Crippen molar-refractivity contribution in [3.05, 3.63) is 35.6 Å². The van der Waals surface area contributed by atoms with Gasteiger partial charge in [-0.15, -0.1) is 0 Å². The lowest BCUT2D eigenvalue weighted by molar-refractivity contribution is -0.130. The predicted molar refractivity (Wildman–Crippen MR) is 66.2 cm³/mol. The molecule has 1 heterocycles. The molecule has 1 aliphatic heterocycles. The summed E-state index contributed by atoms with van der Waals surface area (Å²) in [4.78, 5) is 14.2. The van der Waals surface area contributed by atoms with Gasteiger partial charge in [0.1, 0.15) is 17.5 Å². The molecule has 0 radical (unpaired) electrons. The average Bonchev–Trinajstić information content (AvgIpc) is 3.08. The van der Waals surface area contributed by atoms with Crippen LogP contribution in [-0.2, 0) is 4.79 Å². The highest BCUT2D eigenvalue weighted by Gasteiger charge is 2.59. The van der Waals surface area contributed by atoms with Crippen LogP contribution in [0.25, 0.3) is 0 Å². The molecular formula is C14H17FN2O. The molecule has 1 aromatic carbocycles. The number of carbonyl (C=O) groups is 1. The van der Waals surface area contributed by atoms with E-state index < -0.39 is 0 Å². The monoisotopic (exact) mass is 248 g/mol. The van der Waals surface area contributed by atoms with Crippen molar-refractivity contribution in [2.45, 2.75) is 37.9 Å². The fourth-order valence-electron chi connectivity index (χ4n) is 2.69. The summed E-state index contributed by atoms with van der Waals surface area (Å²) >= 11 is 0. The van der Waals surface area contributed by atoms with Gasteiger partial charge >= 0.3 is 0 Å². The Morgan fingerprint density at radius 3 is 2.89 bits per heavy atom. The first-order valence-electron chi connectivity index (χ1n) is 6.50. The van der Waals surface area contributed by atoms with Crippen molar-refractivity contribution in [1.29, 1.82) is 0 Å². The molecule has 3 rings (SSSR count). The molecule has 1 aliphatic carbocycles. The minimum atomic E-state index is -0.341. The van der Waals surface area contributed by atoms with Crippen LogP contribution in [0.15, 0.2) is 24.3 Å². The van der Waals surface area contributed by atoms with Crippen molar-refractivity contribution in [1.82, 2.24) is 10.2 Å². The van der Waals surface area contributed by atoms with E-state index in [1.54, 1.807) is 6.07 Å². The van der Waals surface area contributed by atoms with E-state index in [2.05, 4.69) is 5.32 Å². The quantitative estimate of drug-likeness (QED) is 0.889. The van der Waals surface area contributed by atoms with Crippen LogP contribution in [-0.4, -0.2) is 22.9 Å². The lowest BCUT2D eigenvalue weighted by Gasteiger charge is -2.24. The summed E-state index contributed by atoms with van der Waals surface area (Å²) in [6, 6.07) is 6.50. The number of rotatable bonds is 3. The largest absolute Gasteiger partial charge is 0.321 e. The van der Waals surface area contributed by atoms with Crippen LogP contribution < -0.4 is 5.32 Å². The zero-order chi connectivity index (χ0) is 12.8. The Balaban J connectivity index is 1.92. The summed E-state index contributed by atoms with van der Waals surface area (Å²) in [7, 11) is 0. The fraction of sp³-hybridized carbons (Fsp3) is 0.500. The minimum absolute atomic E-state index is 0.171. The molecule has 2 fully saturated rings. The van der Waals surface area contributed by atoms with Gasteiger partial charge in [0, 0.05) is 6.54 Å². The van der Waals surface area contributed by atoms with E-state index in [-0.39, 0.29) is 23.4 Å². The molecule has 1 aromatic rings. The second-order valence-electron chi connectivity index (χ2n) is 5.18. The summed E-state index contributed by atoms with van der Waals surface area (Å²) in [6.45, 7) is 2.77. The van der Waals surface area contributed by atoms with Crippen LogP contribution >= 0.6 is 0 Å². The molecule has 1 saturated heterocycles. The Morgan fingerprint density at radius 1 is 1.50 bits per heavy atom. The molecule has 0 aromatic heterocycles. The van der Waals surface area contributed by atoms with Crippen LogP contribution in [0.2, 0.25) is 0 Å². The number of hydrogen-bond donors (Lipinski definition) is 1. The van der Waals surface area contributed by atoms with E-state index in [0.29, 0.717) is 0 Å². The molecule has 2 aliphatic rings. The highest BCUT2D eigenvalue weighted by atomic mass is 19.1. The Bertz CT molecular complexity index is 484. The first-order valence-corrected chi connectivity index (χ1v) is 6.50. The van der Waals surface area contributed by atoms with Crippen LogP contribution in [0.5, 0.6) is 0 Å². The van der Waals surface area contributed by atoms with E-state index in [1.807, 2.05) is 17.9 Å². The molecule has 1 saturated carbocycles. The van der Waals surface area contributed by atoms with E-state index in [0.717, 1.165) is 31.4 Å². The summed E-state index contributed by atoms with van der Waals surface area (Å²) in [5.41, 5.74) is 0.493. The van der Waals surface area contributed by atoms with Gasteiger partial charge in [0.25, 0.3) is 0 Å². The van der Waals surface area contributed by atoms with Gasteiger partial charge in [-0.2, -0.15) is 0 Å². The fourth-order valence-corrected chi connectivity index (χ4v) is 2.69. The SMILES string of the molecule is CCCN1C(=O)C2(CC2)NC1c1cccc(F)c1. The highest BCUT2D eigenvalue weighted by Crippen LogP contribution is 2.45. The summed E-state index contributed by atoms with van der Waals surface area (Å²) in [6.07, 6.45) is 2.54. The Morgan fingerprint density at radius 2 is 2.28 bits per heavy atom. The molecule has 1 spiro atoms. The smallest absolute Gasteiger partial charge is 0.244 e. The Kier molecular flexibility index (Phi) is 2.63. The van der Waals surface area contributed by atoms with Crippen molar-refractivity contribution in [3.8, 4) is 0 Å². The van der Waals surface area contributed by atoms with Gasteiger partial charge in [-0.1, -0.05) is 19.1 Å². The summed E-state index contributed by atoms with van der Waals surface area (Å²) < 4.78 is 13.3. The van der Waals surface area contributed by atoms with Gasteiger partial charge in [-0.3, -0.25) is 10.1 Å². The molecule has 1 atom stereocenters.